The van der Waals surface area contributed by atoms with E-state index in [4.69, 9.17) is 9.52 Å². The molecule has 0 unspecified atom stereocenters. The molecular weight excluding hydrogens is 254 g/mol. The van der Waals surface area contributed by atoms with Gasteiger partial charge in [-0.25, -0.2) is 0 Å². The molecule has 0 aromatic carbocycles. The summed E-state index contributed by atoms with van der Waals surface area (Å²) in [6, 6.07) is 1.51. The first-order valence-corrected chi connectivity index (χ1v) is 4.63. The molecule has 1 aromatic rings. The summed E-state index contributed by atoms with van der Waals surface area (Å²) in [5, 5.41) is 10.8. The van der Waals surface area contributed by atoms with Gasteiger partial charge in [-0.3, -0.25) is 9.59 Å². The van der Waals surface area contributed by atoms with Gasteiger partial charge in [-0.05, 0) is 15.9 Å². The lowest BCUT2D eigenvalue weighted by Gasteiger charge is -1.99. The molecule has 0 spiro atoms. The highest BCUT2D eigenvalue weighted by molar-refractivity contribution is 9.10. The second-order valence-electron chi connectivity index (χ2n) is 2.54. The largest absolute Gasteiger partial charge is 0.481 e. The van der Waals surface area contributed by atoms with Crippen LogP contribution in [0.3, 0.4) is 0 Å². The number of amides is 1. The highest BCUT2D eigenvalue weighted by atomic mass is 79.9. The summed E-state index contributed by atoms with van der Waals surface area (Å²) in [7, 11) is 0. The van der Waals surface area contributed by atoms with Crippen molar-refractivity contribution < 1.29 is 19.1 Å². The van der Waals surface area contributed by atoms with E-state index in [1.807, 2.05) is 0 Å². The molecule has 5 nitrogen and oxygen atoms in total. The van der Waals surface area contributed by atoms with Crippen molar-refractivity contribution in [2.75, 3.05) is 6.54 Å². The molecule has 1 aromatic heterocycles. The molecule has 0 atom stereocenters. The van der Waals surface area contributed by atoms with Crippen molar-refractivity contribution in [1.29, 1.82) is 0 Å². The molecule has 1 heterocycles. The number of hydrogen-bond acceptors (Lipinski definition) is 3. The zero-order valence-corrected chi connectivity index (χ0v) is 8.70. The van der Waals surface area contributed by atoms with Crippen LogP contribution in [0.5, 0.6) is 0 Å². The summed E-state index contributed by atoms with van der Waals surface area (Å²) < 4.78 is 5.31. The molecule has 0 saturated heterocycles. The molecule has 1 amide bonds. The molecule has 0 bridgehead atoms. The third-order valence-corrected chi connectivity index (χ3v) is 1.87. The van der Waals surface area contributed by atoms with Crippen LogP contribution in [-0.2, 0) is 4.79 Å². The average Bonchev–Trinajstić information content (AvgIpc) is 2.51. The van der Waals surface area contributed by atoms with Crippen molar-refractivity contribution in [3.8, 4) is 0 Å². The fourth-order valence-electron chi connectivity index (χ4n) is 0.814. The minimum Gasteiger partial charge on any atom is -0.481 e. The molecule has 0 fully saturated rings. The maximum atomic E-state index is 11.3. The number of halogens is 1. The smallest absolute Gasteiger partial charge is 0.305 e. The molecule has 0 aliphatic rings. The second kappa shape index (κ2) is 4.80. The minimum atomic E-state index is -0.946. The lowest BCUT2D eigenvalue weighted by molar-refractivity contribution is -0.136. The van der Waals surface area contributed by atoms with Crippen LogP contribution in [0.4, 0.5) is 0 Å². The van der Waals surface area contributed by atoms with Gasteiger partial charge in [-0.15, -0.1) is 0 Å². The first kappa shape index (κ1) is 10.8. The van der Waals surface area contributed by atoms with E-state index in [-0.39, 0.29) is 18.9 Å². The van der Waals surface area contributed by atoms with Crippen molar-refractivity contribution >= 4 is 27.8 Å². The van der Waals surface area contributed by atoms with E-state index in [1.165, 1.54) is 12.3 Å². The number of carboxylic acids is 1. The molecule has 76 valence electrons. The Kier molecular flexibility index (Phi) is 3.70. The standard InChI is InChI=1S/C8H8BrNO4/c9-6-3-5(4-14-6)8(13)10-2-1-7(11)12/h3-4H,1-2H2,(H,10,13)(H,11,12). The number of rotatable bonds is 4. The number of carboxylic acid groups (broad SMARTS) is 1. The SMILES string of the molecule is O=C(O)CCNC(=O)c1coc(Br)c1. The molecule has 0 saturated carbocycles. The highest BCUT2D eigenvalue weighted by Gasteiger charge is 2.08. The Balaban J connectivity index is 2.39. The van der Waals surface area contributed by atoms with Crippen molar-refractivity contribution in [1.82, 2.24) is 5.32 Å². The fourth-order valence-corrected chi connectivity index (χ4v) is 1.15. The van der Waals surface area contributed by atoms with Crippen molar-refractivity contribution in [3.05, 3.63) is 22.6 Å². The van der Waals surface area contributed by atoms with Crippen LogP contribution < -0.4 is 5.32 Å². The van der Waals surface area contributed by atoms with E-state index < -0.39 is 5.97 Å². The summed E-state index contributed by atoms with van der Waals surface area (Å²) in [5.41, 5.74) is 0.363. The normalized spacial score (nSPS) is 9.79. The molecule has 2 N–H and O–H groups in total. The average molecular weight is 262 g/mol. The number of nitrogens with one attached hydrogen (secondary N) is 1. The summed E-state index contributed by atoms with van der Waals surface area (Å²) in [6.07, 6.45) is 1.20. The first-order valence-electron chi connectivity index (χ1n) is 3.83. The van der Waals surface area contributed by atoms with E-state index in [9.17, 15) is 9.59 Å². The van der Waals surface area contributed by atoms with Gasteiger partial charge in [0.15, 0.2) is 4.67 Å². The predicted molar refractivity (Wildman–Crippen MR) is 51.0 cm³/mol. The van der Waals surface area contributed by atoms with Crippen molar-refractivity contribution in [2.45, 2.75) is 6.42 Å². The zero-order valence-electron chi connectivity index (χ0n) is 7.12. The van der Waals surface area contributed by atoms with Crippen LogP contribution in [0.25, 0.3) is 0 Å². The number of carbonyl (C=O) groups is 2. The molecular formula is C8H8BrNO4. The summed E-state index contributed by atoms with van der Waals surface area (Å²) >= 11 is 3.05. The van der Waals surface area contributed by atoms with Crippen LogP contribution in [-0.4, -0.2) is 23.5 Å². The monoisotopic (exact) mass is 261 g/mol. The Morgan fingerprint density at radius 1 is 1.57 bits per heavy atom. The van der Waals surface area contributed by atoms with Gasteiger partial charge in [0.2, 0.25) is 0 Å². The van der Waals surface area contributed by atoms with E-state index >= 15 is 0 Å². The highest BCUT2D eigenvalue weighted by Crippen LogP contribution is 2.13. The van der Waals surface area contributed by atoms with Gasteiger partial charge in [0.25, 0.3) is 5.91 Å². The molecule has 6 heteroatoms. The van der Waals surface area contributed by atoms with Gasteiger partial charge in [0.05, 0.1) is 12.0 Å². The quantitative estimate of drug-likeness (QED) is 0.855. The summed E-state index contributed by atoms with van der Waals surface area (Å²) in [6.45, 7) is 0.108. The van der Waals surface area contributed by atoms with Gasteiger partial charge in [0.1, 0.15) is 6.26 Å². The van der Waals surface area contributed by atoms with Gasteiger partial charge in [-0.2, -0.15) is 0 Å². The first-order chi connectivity index (χ1) is 6.59. The lowest BCUT2D eigenvalue weighted by atomic mass is 10.3. The Morgan fingerprint density at radius 2 is 2.29 bits per heavy atom. The Labute approximate surface area is 88.2 Å². The van der Waals surface area contributed by atoms with Gasteiger partial charge < -0.3 is 14.8 Å². The van der Waals surface area contributed by atoms with Crippen LogP contribution in [0.15, 0.2) is 21.4 Å². The predicted octanol–water partition coefficient (Wildman–Crippen LogP) is 1.25. The van der Waals surface area contributed by atoms with E-state index in [1.54, 1.807) is 0 Å². The second-order valence-corrected chi connectivity index (χ2v) is 3.32. The maximum absolute atomic E-state index is 11.3. The topological polar surface area (TPSA) is 79.5 Å². The Bertz CT molecular complexity index is 347. The third kappa shape index (κ3) is 3.21. The molecule has 0 aliphatic carbocycles. The molecule has 0 radical (unpaired) electrons. The summed E-state index contributed by atoms with van der Waals surface area (Å²) in [5.74, 6) is -1.29. The van der Waals surface area contributed by atoms with Gasteiger partial charge >= 0.3 is 5.97 Å². The number of aliphatic carboxylic acids is 1. The van der Waals surface area contributed by atoms with Gasteiger partial charge in [-0.1, -0.05) is 0 Å². The maximum Gasteiger partial charge on any atom is 0.305 e. The van der Waals surface area contributed by atoms with Gasteiger partial charge in [0, 0.05) is 12.6 Å². The molecule has 1 rings (SSSR count). The van der Waals surface area contributed by atoms with E-state index in [0.29, 0.717) is 10.2 Å². The van der Waals surface area contributed by atoms with Crippen LogP contribution in [0.1, 0.15) is 16.8 Å². The Morgan fingerprint density at radius 3 is 2.79 bits per heavy atom. The number of hydrogen-bond donors (Lipinski definition) is 2. The lowest BCUT2D eigenvalue weighted by Crippen LogP contribution is -2.25. The van der Waals surface area contributed by atoms with Crippen molar-refractivity contribution in [3.63, 3.8) is 0 Å². The van der Waals surface area contributed by atoms with Crippen LogP contribution in [0, 0.1) is 0 Å². The van der Waals surface area contributed by atoms with Crippen molar-refractivity contribution in [2.24, 2.45) is 0 Å². The zero-order chi connectivity index (χ0) is 10.6. The minimum absolute atomic E-state index is 0.0925. The van der Waals surface area contributed by atoms with Crippen LogP contribution >= 0.6 is 15.9 Å². The van der Waals surface area contributed by atoms with E-state index in [2.05, 4.69) is 21.2 Å². The van der Waals surface area contributed by atoms with E-state index in [0.717, 1.165) is 0 Å². The Hall–Kier alpha value is -1.30. The molecule has 14 heavy (non-hydrogen) atoms. The van der Waals surface area contributed by atoms with Crippen LogP contribution in [0.2, 0.25) is 0 Å². The number of carbonyl (C=O) groups excluding carboxylic acids is 1. The number of furan rings is 1. The molecule has 0 aliphatic heterocycles. The fraction of sp³-hybridized carbons (Fsp3) is 0.250. The third-order valence-electron chi connectivity index (χ3n) is 1.45. The summed E-state index contributed by atoms with van der Waals surface area (Å²) in [4.78, 5) is 21.4.